The number of hydrogen-bond acceptors (Lipinski definition) is 5. The summed E-state index contributed by atoms with van der Waals surface area (Å²) in [6, 6.07) is 0. The molecule has 0 atom stereocenters. The number of nitrogens with zero attached hydrogens (tertiary/aromatic N) is 4. The van der Waals surface area contributed by atoms with E-state index in [1.54, 1.807) is 6.20 Å². The number of hydrogen-bond donors (Lipinski definition) is 1. The number of ether oxygens (including phenoxy) is 1. The molecule has 0 saturated carbocycles. The van der Waals surface area contributed by atoms with Gasteiger partial charge in [0.05, 0.1) is 6.20 Å². The Hall–Kier alpha value is -1.82. The Kier molecular flexibility index (Phi) is 4.55. The number of likely N-dealkylation sites (tertiary alicyclic amines) is 1. The molecule has 6 heteroatoms. The van der Waals surface area contributed by atoms with Crippen LogP contribution in [0.2, 0.25) is 0 Å². The van der Waals surface area contributed by atoms with Gasteiger partial charge in [0.15, 0.2) is 0 Å². The fourth-order valence-corrected chi connectivity index (χ4v) is 2.62. The Balaban J connectivity index is 1.68. The standard InChI is InChI=1S/C15H23N5O/c1-2-5-16-13-12-20-9-6-17-14(20)15(18-13)21-11-10-19-7-3-4-8-19/h6,9,12,16H,2-5,7-8,10-11H2,1H3. The lowest BCUT2D eigenvalue weighted by Crippen LogP contribution is -2.25. The molecular formula is C15H23N5O. The van der Waals surface area contributed by atoms with Crippen LogP contribution < -0.4 is 10.1 Å². The molecule has 1 N–H and O–H groups in total. The van der Waals surface area contributed by atoms with Gasteiger partial charge in [-0.25, -0.2) is 4.98 Å². The number of nitrogens with one attached hydrogen (secondary N) is 1. The van der Waals surface area contributed by atoms with E-state index in [1.165, 1.54) is 25.9 Å². The average molecular weight is 289 g/mol. The van der Waals surface area contributed by atoms with E-state index in [2.05, 4.69) is 27.1 Å². The van der Waals surface area contributed by atoms with Gasteiger partial charge in [-0.05, 0) is 32.4 Å². The maximum absolute atomic E-state index is 5.88. The fourth-order valence-electron chi connectivity index (χ4n) is 2.62. The summed E-state index contributed by atoms with van der Waals surface area (Å²) in [7, 11) is 0. The summed E-state index contributed by atoms with van der Waals surface area (Å²) in [5, 5.41) is 3.30. The fraction of sp³-hybridized carbons (Fsp3) is 0.600. The van der Waals surface area contributed by atoms with Crippen molar-refractivity contribution in [2.24, 2.45) is 0 Å². The molecule has 114 valence electrons. The predicted molar refractivity (Wildman–Crippen MR) is 82.9 cm³/mol. The summed E-state index contributed by atoms with van der Waals surface area (Å²) >= 11 is 0. The monoisotopic (exact) mass is 289 g/mol. The number of rotatable bonds is 7. The van der Waals surface area contributed by atoms with E-state index in [9.17, 15) is 0 Å². The van der Waals surface area contributed by atoms with Gasteiger partial charge in [-0.1, -0.05) is 6.92 Å². The minimum atomic E-state index is 0.611. The molecule has 0 amide bonds. The van der Waals surface area contributed by atoms with Crippen LogP contribution in [0.15, 0.2) is 18.6 Å². The first-order valence-electron chi connectivity index (χ1n) is 7.79. The van der Waals surface area contributed by atoms with Crippen LogP contribution in [0.1, 0.15) is 26.2 Å². The summed E-state index contributed by atoms with van der Waals surface area (Å²) in [5.41, 5.74) is 0.776. The summed E-state index contributed by atoms with van der Waals surface area (Å²) in [4.78, 5) is 11.3. The maximum Gasteiger partial charge on any atom is 0.260 e. The minimum absolute atomic E-state index is 0.611. The molecular weight excluding hydrogens is 266 g/mol. The number of aromatic nitrogens is 3. The molecule has 2 aromatic rings. The first kappa shape index (κ1) is 14.1. The van der Waals surface area contributed by atoms with Crippen molar-refractivity contribution in [2.45, 2.75) is 26.2 Å². The normalized spacial score (nSPS) is 15.7. The molecule has 0 spiro atoms. The van der Waals surface area contributed by atoms with Gasteiger partial charge in [-0.2, -0.15) is 4.98 Å². The van der Waals surface area contributed by atoms with E-state index in [0.29, 0.717) is 12.5 Å². The second-order valence-corrected chi connectivity index (χ2v) is 5.41. The molecule has 1 aliphatic heterocycles. The molecule has 1 fully saturated rings. The van der Waals surface area contributed by atoms with Crippen LogP contribution in [0.3, 0.4) is 0 Å². The van der Waals surface area contributed by atoms with E-state index < -0.39 is 0 Å². The SMILES string of the molecule is CCCNc1cn2ccnc2c(OCCN2CCCC2)n1. The third-order valence-corrected chi connectivity index (χ3v) is 3.74. The van der Waals surface area contributed by atoms with Gasteiger partial charge in [0, 0.05) is 25.5 Å². The number of imidazole rings is 1. The second kappa shape index (κ2) is 6.76. The van der Waals surface area contributed by atoms with Crippen LogP contribution in [-0.2, 0) is 0 Å². The van der Waals surface area contributed by atoms with Crippen LogP contribution in [0.5, 0.6) is 5.88 Å². The van der Waals surface area contributed by atoms with E-state index in [-0.39, 0.29) is 0 Å². The molecule has 6 nitrogen and oxygen atoms in total. The van der Waals surface area contributed by atoms with Gasteiger partial charge in [-0.3, -0.25) is 9.30 Å². The van der Waals surface area contributed by atoms with E-state index in [0.717, 1.165) is 31.0 Å². The van der Waals surface area contributed by atoms with Crippen LogP contribution in [0.4, 0.5) is 5.82 Å². The zero-order valence-electron chi connectivity index (χ0n) is 12.6. The van der Waals surface area contributed by atoms with Crippen molar-refractivity contribution < 1.29 is 4.74 Å². The first-order chi connectivity index (χ1) is 10.4. The van der Waals surface area contributed by atoms with Gasteiger partial charge in [0.1, 0.15) is 12.4 Å². The quantitative estimate of drug-likeness (QED) is 0.845. The lowest BCUT2D eigenvalue weighted by Gasteiger charge is -2.15. The number of fused-ring (bicyclic) bond motifs is 1. The van der Waals surface area contributed by atoms with Crippen LogP contribution >= 0.6 is 0 Å². The van der Waals surface area contributed by atoms with E-state index >= 15 is 0 Å². The Morgan fingerprint density at radius 3 is 3.00 bits per heavy atom. The molecule has 3 rings (SSSR count). The van der Waals surface area contributed by atoms with Gasteiger partial charge in [-0.15, -0.1) is 0 Å². The number of anilines is 1. The Labute approximate surface area is 125 Å². The third-order valence-electron chi connectivity index (χ3n) is 3.74. The third kappa shape index (κ3) is 3.44. The van der Waals surface area contributed by atoms with Crippen LogP contribution in [0, 0.1) is 0 Å². The molecule has 1 saturated heterocycles. The molecule has 21 heavy (non-hydrogen) atoms. The molecule has 0 aliphatic carbocycles. The van der Waals surface area contributed by atoms with E-state index in [1.807, 2.05) is 16.8 Å². The smallest absolute Gasteiger partial charge is 0.260 e. The van der Waals surface area contributed by atoms with Crippen LogP contribution in [0.25, 0.3) is 5.65 Å². The Morgan fingerprint density at radius 2 is 2.19 bits per heavy atom. The summed E-state index contributed by atoms with van der Waals surface area (Å²) in [6.07, 6.45) is 9.31. The summed E-state index contributed by atoms with van der Waals surface area (Å²) in [5.74, 6) is 1.44. The molecule has 0 bridgehead atoms. The first-order valence-corrected chi connectivity index (χ1v) is 7.79. The molecule has 3 heterocycles. The Morgan fingerprint density at radius 1 is 1.33 bits per heavy atom. The average Bonchev–Trinajstić information content (AvgIpc) is 3.15. The van der Waals surface area contributed by atoms with Crippen molar-refractivity contribution in [1.82, 2.24) is 19.3 Å². The zero-order valence-corrected chi connectivity index (χ0v) is 12.6. The van der Waals surface area contributed by atoms with Gasteiger partial charge in [0.25, 0.3) is 5.88 Å². The minimum Gasteiger partial charge on any atom is -0.474 e. The highest BCUT2D eigenvalue weighted by atomic mass is 16.5. The van der Waals surface area contributed by atoms with Crippen molar-refractivity contribution in [1.29, 1.82) is 0 Å². The lowest BCUT2D eigenvalue weighted by atomic mass is 10.4. The predicted octanol–water partition coefficient (Wildman–Crippen LogP) is 2.03. The highest BCUT2D eigenvalue weighted by molar-refractivity contribution is 5.53. The molecule has 0 unspecified atom stereocenters. The largest absolute Gasteiger partial charge is 0.474 e. The van der Waals surface area contributed by atoms with Gasteiger partial charge >= 0.3 is 0 Å². The molecule has 0 aromatic carbocycles. The Bertz CT molecular complexity index is 576. The molecule has 1 aliphatic rings. The van der Waals surface area contributed by atoms with Crippen molar-refractivity contribution >= 4 is 11.5 Å². The zero-order chi connectivity index (χ0) is 14.5. The molecule has 0 radical (unpaired) electrons. The van der Waals surface area contributed by atoms with Gasteiger partial charge < -0.3 is 10.1 Å². The second-order valence-electron chi connectivity index (χ2n) is 5.41. The topological polar surface area (TPSA) is 54.7 Å². The van der Waals surface area contributed by atoms with Crippen LogP contribution in [-0.4, -0.2) is 52.1 Å². The highest BCUT2D eigenvalue weighted by Gasteiger charge is 2.13. The van der Waals surface area contributed by atoms with Crippen molar-refractivity contribution in [3.8, 4) is 5.88 Å². The summed E-state index contributed by atoms with van der Waals surface area (Å²) < 4.78 is 7.84. The van der Waals surface area contributed by atoms with Gasteiger partial charge in [0.2, 0.25) is 5.65 Å². The highest BCUT2D eigenvalue weighted by Crippen LogP contribution is 2.19. The van der Waals surface area contributed by atoms with Crippen molar-refractivity contribution in [3.05, 3.63) is 18.6 Å². The van der Waals surface area contributed by atoms with E-state index in [4.69, 9.17) is 4.74 Å². The van der Waals surface area contributed by atoms with Crippen molar-refractivity contribution in [3.63, 3.8) is 0 Å². The maximum atomic E-state index is 5.88. The molecule has 2 aromatic heterocycles. The van der Waals surface area contributed by atoms with Crippen molar-refractivity contribution in [2.75, 3.05) is 38.1 Å². The lowest BCUT2D eigenvalue weighted by molar-refractivity contribution is 0.233. The summed E-state index contributed by atoms with van der Waals surface area (Å²) in [6.45, 7) is 7.03.